The lowest BCUT2D eigenvalue weighted by Crippen LogP contribution is -2.33. The molecule has 0 amide bonds. The van der Waals surface area contributed by atoms with Crippen LogP contribution in [0.2, 0.25) is 0 Å². The molecule has 0 rings (SSSR count). The van der Waals surface area contributed by atoms with E-state index < -0.39 is 0 Å². The van der Waals surface area contributed by atoms with Crippen LogP contribution in [-0.4, -0.2) is 31.3 Å². The average Bonchev–Trinajstić information content (AvgIpc) is 2.00. The van der Waals surface area contributed by atoms with E-state index in [4.69, 9.17) is 15.2 Å². The Morgan fingerprint density at radius 2 is 2.07 bits per heavy atom. The van der Waals surface area contributed by atoms with Gasteiger partial charge in [0, 0.05) is 19.1 Å². The quantitative estimate of drug-likeness (QED) is 0.656. The number of carbonyl (C=O) groups excluding carboxylic acids is 1. The van der Waals surface area contributed by atoms with Crippen LogP contribution in [0.3, 0.4) is 0 Å². The Bertz CT molecular complexity index is 175. The van der Waals surface area contributed by atoms with Crippen molar-refractivity contribution < 1.29 is 14.3 Å². The number of hydrogen-bond acceptors (Lipinski definition) is 4. The summed E-state index contributed by atoms with van der Waals surface area (Å²) in [6.07, 6.45) is 0.802. The molecule has 84 valence electrons. The fraction of sp³-hybridized carbons (Fsp3) is 0.900. The van der Waals surface area contributed by atoms with Gasteiger partial charge in [0.15, 0.2) is 0 Å². The molecule has 0 saturated carbocycles. The highest BCUT2D eigenvalue weighted by Gasteiger charge is 2.15. The molecular formula is C10H21NO3. The lowest BCUT2D eigenvalue weighted by Gasteiger charge is -2.18. The van der Waals surface area contributed by atoms with Crippen molar-refractivity contribution >= 4 is 5.97 Å². The van der Waals surface area contributed by atoms with Gasteiger partial charge in [-0.1, -0.05) is 0 Å². The molecular weight excluding hydrogens is 182 g/mol. The summed E-state index contributed by atoms with van der Waals surface area (Å²) >= 11 is 0. The smallest absolute Gasteiger partial charge is 0.306 e. The van der Waals surface area contributed by atoms with Crippen molar-refractivity contribution in [1.82, 2.24) is 0 Å². The molecule has 0 fully saturated rings. The minimum Gasteiger partial charge on any atom is -0.460 e. The van der Waals surface area contributed by atoms with Gasteiger partial charge < -0.3 is 15.2 Å². The molecule has 2 N–H and O–H groups in total. The van der Waals surface area contributed by atoms with Crippen LogP contribution in [0.5, 0.6) is 0 Å². The summed E-state index contributed by atoms with van der Waals surface area (Å²) in [7, 11) is 1.58. The third kappa shape index (κ3) is 8.01. The van der Waals surface area contributed by atoms with Gasteiger partial charge in [-0.3, -0.25) is 4.79 Å². The summed E-state index contributed by atoms with van der Waals surface area (Å²) in [6, 6.07) is 0. The average molecular weight is 203 g/mol. The Kier molecular flexibility index (Phi) is 5.72. The van der Waals surface area contributed by atoms with E-state index in [1.54, 1.807) is 14.0 Å². The van der Waals surface area contributed by atoms with Crippen molar-refractivity contribution in [3.63, 3.8) is 0 Å². The molecule has 4 nitrogen and oxygen atoms in total. The van der Waals surface area contributed by atoms with Gasteiger partial charge in [0.25, 0.3) is 0 Å². The van der Waals surface area contributed by atoms with Gasteiger partial charge in [-0.15, -0.1) is 0 Å². The van der Waals surface area contributed by atoms with E-state index in [-0.39, 0.29) is 17.6 Å². The van der Waals surface area contributed by atoms with Crippen molar-refractivity contribution in [2.75, 3.05) is 13.7 Å². The highest BCUT2D eigenvalue weighted by Crippen LogP contribution is 2.08. The fourth-order valence-electron chi connectivity index (χ4n) is 0.976. The number of carbonyl (C=O) groups is 1. The molecule has 4 heteroatoms. The molecule has 0 bridgehead atoms. The molecule has 0 aromatic rings. The zero-order chi connectivity index (χ0) is 11.2. The molecule has 1 atom stereocenters. The van der Waals surface area contributed by atoms with Crippen molar-refractivity contribution in [2.24, 2.45) is 5.73 Å². The van der Waals surface area contributed by atoms with Gasteiger partial charge in [-0.2, -0.15) is 0 Å². The summed E-state index contributed by atoms with van der Waals surface area (Å²) in [5.41, 5.74) is 5.42. The van der Waals surface area contributed by atoms with Crippen LogP contribution in [0.25, 0.3) is 0 Å². The van der Waals surface area contributed by atoms with Crippen LogP contribution < -0.4 is 5.73 Å². The van der Waals surface area contributed by atoms with Crippen LogP contribution in [0.15, 0.2) is 0 Å². The van der Waals surface area contributed by atoms with Gasteiger partial charge in [-0.05, 0) is 27.2 Å². The van der Waals surface area contributed by atoms with Crippen molar-refractivity contribution in [2.45, 2.75) is 45.3 Å². The Balaban J connectivity index is 3.65. The first-order valence-electron chi connectivity index (χ1n) is 4.82. The van der Waals surface area contributed by atoms with Crippen LogP contribution in [0, 0.1) is 0 Å². The fourth-order valence-corrected chi connectivity index (χ4v) is 0.976. The predicted octanol–water partition coefficient (Wildman–Crippen LogP) is 1.08. The SMILES string of the molecule is COCC(C)OC(=O)CCC(C)(C)N. The number of ether oxygens (including phenoxy) is 2. The lowest BCUT2D eigenvalue weighted by atomic mass is 10.0. The van der Waals surface area contributed by atoms with E-state index >= 15 is 0 Å². The Morgan fingerprint density at radius 3 is 2.50 bits per heavy atom. The molecule has 14 heavy (non-hydrogen) atoms. The first-order chi connectivity index (χ1) is 6.35. The highest BCUT2D eigenvalue weighted by molar-refractivity contribution is 5.69. The minimum absolute atomic E-state index is 0.187. The van der Waals surface area contributed by atoms with E-state index in [1.165, 1.54) is 0 Å². The molecule has 0 spiro atoms. The first-order valence-corrected chi connectivity index (χ1v) is 4.82. The Morgan fingerprint density at radius 1 is 1.50 bits per heavy atom. The summed E-state index contributed by atoms with van der Waals surface area (Å²) in [4.78, 5) is 11.2. The van der Waals surface area contributed by atoms with E-state index in [1.807, 2.05) is 13.8 Å². The number of nitrogens with two attached hydrogens (primary N) is 1. The summed E-state index contributed by atoms with van der Waals surface area (Å²) in [6.45, 7) is 6.00. The second kappa shape index (κ2) is 5.98. The van der Waals surface area contributed by atoms with Crippen LogP contribution in [-0.2, 0) is 14.3 Å². The molecule has 1 unspecified atom stereocenters. The zero-order valence-electron chi connectivity index (χ0n) is 9.50. The van der Waals surface area contributed by atoms with Crippen LogP contribution >= 0.6 is 0 Å². The maximum Gasteiger partial charge on any atom is 0.306 e. The van der Waals surface area contributed by atoms with E-state index in [2.05, 4.69) is 0 Å². The predicted molar refractivity (Wildman–Crippen MR) is 54.9 cm³/mol. The van der Waals surface area contributed by atoms with Gasteiger partial charge in [0.1, 0.15) is 6.10 Å². The molecule has 0 aliphatic heterocycles. The normalized spacial score (nSPS) is 13.8. The van der Waals surface area contributed by atoms with Gasteiger partial charge >= 0.3 is 5.97 Å². The standard InChI is InChI=1S/C10H21NO3/c1-8(7-13-4)14-9(12)5-6-10(2,3)11/h8H,5-7,11H2,1-4H3. The lowest BCUT2D eigenvalue weighted by molar-refractivity contribution is -0.150. The summed E-state index contributed by atoms with van der Waals surface area (Å²) in [5.74, 6) is -0.215. The molecule has 0 saturated heterocycles. The largest absolute Gasteiger partial charge is 0.460 e. The van der Waals surface area contributed by atoms with Gasteiger partial charge in [0.2, 0.25) is 0 Å². The second-order valence-electron chi connectivity index (χ2n) is 4.24. The first kappa shape index (κ1) is 13.4. The van der Waals surface area contributed by atoms with Crippen LogP contribution in [0.4, 0.5) is 0 Å². The highest BCUT2D eigenvalue weighted by atomic mass is 16.6. The number of methoxy groups -OCH3 is 1. The minimum atomic E-state index is -0.316. The van der Waals surface area contributed by atoms with E-state index in [0.717, 1.165) is 0 Å². The topological polar surface area (TPSA) is 61.5 Å². The third-order valence-corrected chi connectivity index (χ3v) is 1.71. The Labute approximate surface area is 85.8 Å². The number of hydrogen-bond donors (Lipinski definition) is 1. The van der Waals surface area contributed by atoms with Crippen molar-refractivity contribution in [3.05, 3.63) is 0 Å². The maximum absolute atomic E-state index is 11.2. The zero-order valence-corrected chi connectivity index (χ0v) is 9.50. The summed E-state index contributed by atoms with van der Waals surface area (Å²) < 4.78 is 9.91. The molecule has 0 radical (unpaired) electrons. The molecule has 0 aliphatic rings. The van der Waals surface area contributed by atoms with Gasteiger partial charge in [-0.25, -0.2) is 0 Å². The van der Waals surface area contributed by atoms with E-state index in [0.29, 0.717) is 19.4 Å². The molecule has 0 heterocycles. The third-order valence-electron chi connectivity index (χ3n) is 1.71. The second-order valence-corrected chi connectivity index (χ2v) is 4.24. The van der Waals surface area contributed by atoms with Crippen molar-refractivity contribution in [1.29, 1.82) is 0 Å². The number of rotatable bonds is 6. The maximum atomic E-state index is 11.2. The van der Waals surface area contributed by atoms with Gasteiger partial charge in [0.05, 0.1) is 6.61 Å². The van der Waals surface area contributed by atoms with E-state index in [9.17, 15) is 4.79 Å². The van der Waals surface area contributed by atoms with Crippen molar-refractivity contribution in [3.8, 4) is 0 Å². The molecule has 0 aromatic heterocycles. The summed E-state index contributed by atoms with van der Waals surface area (Å²) in [5, 5.41) is 0. The van der Waals surface area contributed by atoms with Crippen LogP contribution in [0.1, 0.15) is 33.6 Å². The number of esters is 1. The molecule has 0 aromatic carbocycles. The molecule has 0 aliphatic carbocycles. The Hall–Kier alpha value is -0.610. The monoisotopic (exact) mass is 203 g/mol.